The molecule has 7 atom stereocenters. The number of hydrogen-bond acceptors (Lipinski definition) is 16. The number of carbonyl (C=O) groups is 2. The Kier molecular flexibility index (Phi) is 14.4. The highest BCUT2D eigenvalue weighted by atomic mass is 32.1. The van der Waals surface area contributed by atoms with Crippen molar-refractivity contribution >= 4 is 50.8 Å². The number of rotatable bonds is 18. The van der Waals surface area contributed by atoms with Gasteiger partial charge in [-0.1, -0.05) is 67.6 Å². The molecule has 4 aromatic heterocycles. The Labute approximate surface area is 489 Å². The first-order valence-electron chi connectivity index (χ1n) is 29.7. The maximum Gasteiger partial charge on any atom is 0.319 e. The van der Waals surface area contributed by atoms with Crippen LogP contribution in [0.15, 0.2) is 78.6 Å². The molecule has 2 saturated carbocycles. The van der Waals surface area contributed by atoms with E-state index in [1.54, 1.807) is 28.4 Å². The molecular weight excluding hydrogens is 1090 g/mol. The molecule has 436 valence electrons. The van der Waals surface area contributed by atoms with Crippen LogP contribution in [-0.2, 0) is 20.9 Å². The van der Waals surface area contributed by atoms with Crippen LogP contribution in [0.3, 0.4) is 0 Å². The smallest absolute Gasteiger partial charge is 0.319 e. The Balaban J connectivity index is 0.747. The minimum absolute atomic E-state index is 0.0297. The van der Waals surface area contributed by atoms with E-state index in [-0.39, 0.29) is 67.2 Å². The van der Waals surface area contributed by atoms with Gasteiger partial charge >= 0.3 is 6.01 Å². The number of amides is 2. The van der Waals surface area contributed by atoms with Gasteiger partial charge in [-0.2, -0.15) is 15.1 Å². The van der Waals surface area contributed by atoms with Crippen LogP contribution in [0.25, 0.3) is 54.6 Å². The van der Waals surface area contributed by atoms with Gasteiger partial charge in [-0.25, -0.2) is 14.1 Å². The lowest BCUT2D eigenvalue weighted by atomic mass is 9.88. The Bertz CT molecular complexity index is 3780. The molecule has 4 aromatic carbocycles. The number of fused-ring (bicyclic) bond motifs is 4. The number of aromatic nitrogens is 8. The summed E-state index contributed by atoms with van der Waals surface area (Å²) in [6.45, 7) is 10.6. The van der Waals surface area contributed by atoms with Crippen molar-refractivity contribution in [2.24, 2.45) is 11.8 Å². The molecule has 2 bridgehead atoms. The predicted octanol–water partition coefficient (Wildman–Crippen LogP) is 8.66. The molecular formula is C63H69FN12O7S. The van der Waals surface area contributed by atoms with Crippen molar-refractivity contribution in [2.75, 3.05) is 37.7 Å². The summed E-state index contributed by atoms with van der Waals surface area (Å²) in [5.41, 5.74) is 10.9. The van der Waals surface area contributed by atoms with Gasteiger partial charge < -0.3 is 44.9 Å². The van der Waals surface area contributed by atoms with Crippen molar-refractivity contribution in [1.82, 2.24) is 55.7 Å². The highest BCUT2D eigenvalue weighted by Gasteiger charge is 2.46. The van der Waals surface area contributed by atoms with Crippen LogP contribution in [0.1, 0.15) is 111 Å². The van der Waals surface area contributed by atoms with Crippen molar-refractivity contribution < 1.29 is 38.4 Å². The first kappa shape index (κ1) is 54.5. The van der Waals surface area contributed by atoms with Crippen molar-refractivity contribution in [2.45, 2.75) is 140 Å². The number of hydrogen-bond donors (Lipinski definition) is 5. The molecule has 4 aliphatic heterocycles. The molecule has 14 rings (SSSR count). The number of thiazole rings is 1. The summed E-state index contributed by atoms with van der Waals surface area (Å²) in [6, 6.07) is 17.7. The van der Waals surface area contributed by atoms with Crippen LogP contribution >= 0.6 is 11.3 Å². The maximum atomic E-state index is 16.2. The van der Waals surface area contributed by atoms with Gasteiger partial charge in [0.15, 0.2) is 5.75 Å². The van der Waals surface area contributed by atoms with E-state index in [1.807, 2.05) is 81.7 Å². The summed E-state index contributed by atoms with van der Waals surface area (Å²) >= 11 is 1.56. The number of carbonyl (C=O) groups excluding carboxylic acids is 2. The number of aromatic amines is 1. The zero-order valence-corrected chi connectivity index (χ0v) is 48.3. The quantitative estimate of drug-likeness (QED) is 0.0541. The van der Waals surface area contributed by atoms with E-state index >= 15 is 4.39 Å². The number of β-amino-alcohol motifs (C(OH)–C–C–N with tert-alkyl or cyclic N) is 1. The number of H-pyrrole nitrogens is 1. The van der Waals surface area contributed by atoms with E-state index in [0.717, 1.165) is 119 Å². The molecule has 6 fully saturated rings. The summed E-state index contributed by atoms with van der Waals surface area (Å²) < 4.78 is 37.2. The molecule has 0 radical (unpaired) electrons. The second-order valence-electron chi connectivity index (χ2n) is 24.3. The number of aliphatic hydroxyl groups excluding tert-OH is 2. The molecule has 21 heteroatoms. The number of anilines is 1. The van der Waals surface area contributed by atoms with E-state index in [9.17, 15) is 19.8 Å². The van der Waals surface area contributed by atoms with E-state index in [4.69, 9.17) is 24.2 Å². The Morgan fingerprint density at radius 1 is 0.940 bits per heavy atom. The van der Waals surface area contributed by atoms with Crippen molar-refractivity contribution in [3.05, 3.63) is 112 Å². The van der Waals surface area contributed by atoms with Crippen LogP contribution < -0.4 is 25.0 Å². The SMILES string of the molecule is Cc1ncsc1-c1ccc([C@@H](NC(=O)[C@@H]2C[C@@H](O)CN2C(=O)[C@H](C(C)C)n2cc(-c3ccc(COc4c(-c5c(C)c(F)cc6[nH]ncc56)c(C5CC5)cc5c(N6C[C@@H]7C[C@H]6CN7)nc(OC6CCOCC6)nc45)cc3)nn2)[C@@H](O)C2CC2)cc1. The standard InChI is InChI=1S/C63H69FN12O7S/c1-32(2)56(62(80)75-28-43(77)22-51(75)61(79)68-54(57(78)39-13-14-39)38-11-15-40(16-12-38)59-34(4)66-31-84-59)76-29-50(72-73-76)37-7-5-35(6-8-37)30-82-58-53(52-33(3)48(64)24-49-47(52)26-67-71-49)45(36-9-10-36)23-46-55(58)69-63(83-44-17-19-81-20-18-44)70-60(46)74-27-41-21-42(74)25-65-41/h5-8,11-12,15-16,23-24,26,29,31-32,36,39,41-44,51,54,56-57,65,77-78H,9-10,13-14,17-22,25,27-28,30H2,1-4H3,(H,67,71)(H,68,79)/t41-,42-,43+,51-,54+,56-,57-/m0/s1. The largest absolute Gasteiger partial charge is 0.486 e. The summed E-state index contributed by atoms with van der Waals surface area (Å²) in [5, 5.41) is 47.5. The lowest BCUT2D eigenvalue weighted by Gasteiger charge is -2.32. The topological polar surface area (TPSA) is 231 Å². The maximum absolute atomic E-state index is 16.2. The van der Waals surface area contributed by atoms with E-state index in [2.05, 4.69) is 47.1 Å². The lowest BCUT2D eigenvalue weighted by molar-refractivity contribution is -0.143. The molecule has 2 aliphatic carbocycles. The second kappa shape index (κ2) is 22.2. The summed E-state index contributed by atoms with van der Waals surface area (Å²) in [5.74, 6) is 0.186. The third-order valence-corrected chi connectivity index (χ3v) is 19.1. The van der Waals surface area contributed by atoms with E-state index < -0.39 is 36.2 Å². The summed E-state index contributed by atoms with van der Waals surface area (Å²) in [6.07, 6.45) is 7.84. The number of likely N-dealkylation sites (tertiary alicyclic amines) is 1. The number of nitrogens with one attached hydrogen (secondary N) is 3. The number of benzene rings is 4. The number of halogens is 1. The first-order chi connectivity index (χ1) is 40.8. The minimum atomic E-state index is -0.978. The molecule has 8 aromatic rings. The normalized spacial score (nSPS) is 21.9. The van der Waals surface area contributed by atoms with Crippen molar-refractivity contribution in [3.8, 4) is 44.6 Å². The fourth-order valence-electron chi connectivity index (χ4n) is 13.3. The lowest BCUT2D eigenvalue weighted by Crippen LogP contribution is -2.51. The van der Waals surface area contributed by atoms with Gasteiger partial charge in [0, 0.05) is 78.4 Å². The first-order valence-corrected chi connectivity index (χ1v) is 30.6. The molecule has 6 aliphatic rings. The van der Waals surface area contributed by atoms with Gasteiger partial charge in [0.2, 0.25) is 11.8 Å². The predicted molar refractivity (Wildman–Crippen MR) is 315 cm³/mol. The molecule has 8 heterocycles. The summed E-state index contributed by atoms with van der Waals surface area (Å²) in [7, 11) is 0. The highest BCUT2D eigenvalue weighted by molar-refractivity contribution is 7.13. The van der Waals surface area contributed by atoms with Crippen LogP contribution in [0.4, 0.5) is 10.2 Å². The molecule has 4 saturated heterocycles. The second-order valence-corrected chi connectivity index (χ2v) is 25.1. The van der Waals surface area contributed by atoms with Gasteiger partial charge in [-0.15, -0.1) is 16.4 Å². The molecule has 19 nitrogen and oxygen atoms in total. The summed E-state index contributed by atoms with van der Waals surface area (Å²) in [4.78, 5) is 49.0. The Morgan fingerprint density at radius 3 is 2.43 bits per heavy atom. The Morgan fingerprint density at radius 2 is 1.73 bits per heavy atom. The number of aryl methyl sites for hydroxylation is 1. The van der Waals surface area contributed by atoms with Crippen LogP contribution in [-0.4, -0.2) is 136 Å². The van der Waals surface area contributed by atoms with Gasteiger partial charge in [0.25, 0.3) is 0 Å². The number of piperazine rings is 1. The van der Waals surface area contributed by atoms with Gasteiger partial charge in [0.05, 0.1) is 65.5 Å². The van der Waals surface area contributed by atoms with Gasteiger partial charge in [-0.3, -0.25) is 14.7 Å². The zero-order valence-electron chi connectivity index (χ0n) is 47.5. The number of aliphatic hydroxyl groups is 2. The fourth-order valence-corrected chi connectivity index (χ4v) is 14.1. The monoisotopic (exact) mass is 1160 g/mol. The zero-order chi connectivity index (χ0) is 57.5. The van der Waals surface area contributed by atoms with Crippen molar-refractivity contribution in [3.63, 3.8) is 0 Å². The Hall–Kier alpha value is -7.43. The molecule has 0 unspecified atom stereocenters. The minimum Gasteiger partial charge on any atom is -0.486 e. The van der Waals surface area contributed by atoms with Gasteiger partial charge in [0.1, 0.15) is 47.6 Å². The highest BCUT2D eigenvalue weighted by Crippen LogP contribution is 2.54. The van der Waals surface area contributed by atoms with Crippen LogP contribution in [0, 0.1) is 31.5 Å². The average molecular weight is 1160 g/mol. The third-order valence-electron chi connectivity index (χ3n) is 18.1. The fraction of sp³-hybridized carbons (Fsp3) is 0.460. The van der Waals surface area contributed by atoms with E-state index in [0.29, 0.717) is 52.9 Å². The van der Waals surface area contributed by atoms with Crippen molar-refractivity contribution in [1.29, 1.82) is 0 Å². The number of nitrogens with zero attached hydrogens (tertiary/aromatic N) is 9. The average Bonchev–Trinajstić information content (AvgIpc) is 1.43. The molecule has 0 spiro atoms. The molecule has 2 amide bonds. The van der Waals surface area contributed by atoms with Gasteiger partial charge in [-0.05, 0) is 104 Å². The third kappa shape index (κ3) is 10.3. The molecule has 84 heavy (non-hydrogen) atoms. The molecule has 5 N–H and O–H groups in total. The van der Waals surface area contributed by atoms with Crippen LogP contribution in [0.2, 0.25) is 0 Å². The number of ether oxygens (including phenoxy) is 3. The van der Waals surface area contributed by atoms with E-state index in [1.165, 1.54) is 11.0 Å². The van der Waals surface area contributed by atoms with Crippen LogP contribution in [0.5, 0.6) is 11.8 Å².